The Hall–Kier alpha value is -2.16. The van der Waals surface area contributed by atoms with Crippen LogP contribution in [0.1, 0.15) is 69.6 Å². The number of benzene rings is 2. The molecule has 0 bridgehead atoms. The van der Waals surface area contributed by atoms with Gasteiger partial charge in [0, 0.05) is 24.1 Å². The Morgan fingerprint density at radius 2 is 1.58 bits per heavy atom. The first kappa shape index (κ1) is 23.5. The molecule has 168 valence electrons. The highest BCUT2D eigenvalue weighted by Crippen LogP contribution is 2.49. The van der Waals surface area contributed by atoms with Gasteiger partial charge in [-0.25, -0.2) is 8.78 Å². The van der Waals surface area contributed by atoms with Gasteiger partial charge in [-0.2, -0.15) is 0 Å². The number of aryl methyl sites for hydroxylation is 1. The Morgan fingerprint density at radius 3 is 2.16 bits per heavy atom. The third kappa shape index (κ3) is 5.75. The van der Waals surface area contributed by atoms with Crippen LogP contribution in [0.25, 0.3) is 5.70 Å². The van der Waals surface area contributed by atoms with Crippen LogP contribution in [0.2, 0.25) is 0 Å². The second-order valence-corrected chi connectivity index (χ2v) is 10.3. The zero-order valence-electron chi connectivity index (χ0n) is 19.5. The molecular formula is C28H37F2N. The molecule has 0 amide bonds. The predicted octanol–water partition coefficient (Wildman–Crippen LogP) is 7.76. The van der Waals surface area contributed by atoms with E-state index in [-0.39, 0.29) is 17.3 Å². The highest BCUT2D eigenvalue weighted by molar-refractivity contribution is 5.64. The van der Waals surface area contributed by atoms with Gasteiger partial charge in [0.1, 0.15) is 0 Å². The van der Waals surface area contributed by atoms with Gasteiger partial charge in [-0.05, 0) is 67.6 Å². The molecule has 3 rings (SSSR count). The van der Waals surface area contributed by atoms with Crippen LogP contribution in [-0.2, 0) is 5.41 Å². The standard InChI is InChI=1S/C28H37F2N/c1-21-11-9-10-14-25(21)22(2)31-20-28(24-12-7-6-8-13-24)17-15-23(16-18-28)26(3,4)19-27(5,29)30/h6-14,23,31H,2,15-20H2,1,3-5H3. The minimum absolute atomic E-state index is 0.00576. The zero-order chi connectivity index (χ0) is 22.7. The monoisotopic (exact) mass is 425 g/mol. The van der Waals surface area contributed by atoms with Crippen molar-refractivity contribution in [1.82, 2.24) is 5.32 Å². The summed E-state index contributed by atoms with van der Waals surface area (Å²) in [6.07, 6.45) is 3.88. The van der Waals surface area contributed by atoms with Crippen LogP contribution in [0.15, 0.2) is 61.2 Å². The number of hydrogen-bond acceptors (Lipinski definition) is 1. The maximum atomic E-state index is 13.8. The molecule has 0 radical (unpaired) electrons. The third-order valence-corrected chi connectivity index (χ3v) is 7.31. The molecule has 0 aromatic heterocycles. The predicted molar refractivity (Wildman–Crippen MR) is 127 cm³/mol. The van der Waals surface area contributed by atoms with Crippen molar-refractivity contribution in [3.05, 3.63) is 77.9 Å². The molecule has 0 unspecified atom stereocenters. The van der Waals surface area contributed by atoms with Crippen LogP contribution in [0.3, 0.4) is 0 Å². The van der Waals surface area contributed by atoms with Crippen LogP contribution in [0.5, 0.6) is 0 Å². The third-order valence-electron chi connectivity index (χ3n) is 7.31. The van der Waals surface area contributed by atoms with Crippen LogP contribution in [0.4, 0.5) is 8.78 Å². The van der Waals surface area contributed by atoms with Gasteiger partial charge in [0.05, 0.1) is 0 Å². The quantitative estimate of drug-likeness (QED) is 0.456. The van der Waals surface area contributed by atoms with E-state index in [2.05, 4.69) is 61.3 Å². The number of halogens is 2. The Labute approximate surface area is 187 Å². The fourth-order valence-electron chi connectivity index (χ4n) is 5.54. The first-order chi connectivity index (χ1) is 14.5. The summed E-state index contributed by atoms with van der Waals surface area (Å²) in [7, 11) is 0. The average molecular weight is 426 g/mol. The first-order valence-electron chi connectivity index (χ1n) is 11.4. The van der Waals surface area contributed by atoms with Crippen molar-refractivity contribution < 1.29 is 8.78 Å². The highest BCUT2D eigenvalue weighted by atomic mass is 19.3. The van der Waals surface area contributed by atoms with E-state index in [9.17, 15) is 8.78 Å². The molecular weight excluding hydrogens is 388 g/mol. The minimum atomic E-state index is -2.62. The van der Waals surface area contributed by atoms with E-state index in [4.69, 9.17) is 0 Å². The fraction of sp³-hybridized carbons (Fsp3) is 0.500. The van der Waals surface area contributed by atoms with Crippen LogP contribution < -0.4 is 5.32 Å². The van der Waals surface area contributed by atoms with Gasteiger partial charge in [-0.1, -0.05) is 75.0 Å². The summed E-state index contributed by atoms with van der Waals surface area (Å²) < 4.78 is 27.5. The largest absolute Gasteiger partial charge is 0.384 e. The Bertz CT molecular complexity index is 871. The molecule has 1 aliphatic rings. The fourth-order valence-corrected chi connectivity index (χ4v) is 5.54. The van der Waals surface area contributed by atoms with Crippen molar-refractivity contribution in [2.24, 2.45) is 11.3 Å². The minimum Gasteiger partial charge on any atom is -0.384 e. The van der Waals surface area contributed by atoms with Crippen LogP contribution in [-0.4, -0.2) is 12.5 Å². The van der Waals surface area contributed by atoms with Crippen molar-refractivity contribution in [3.8, 4) is 0 Å². The summed E-state index contributed by atoms with van der Waals surface area (Å²) >= 11 is 0. The lowest BCUT2D eigenvalue weighted by atomic mass is 9.60. The molecule has 3 heteroatoms. The van der Waals surface area contributed by atoms with Crippen LogP contribution in [0, 0.1) is 18.3 Å². The molecule has 1 saturated carbocycles. The molecule has 2 aromatic carbocycles. The van der Waals surface area contributed by atoms with E-state index in [0.29, 0.717) is 5.92 Å². The van der Waals surface area contributed by atoms with Gasteiger partial charge >= 0.3 is 0 Å². The molecule has 0 spiro atoms. The lowest BCUT2D eigenvalue weighted by Crippen LogP contribution is -2.43. The lowest BCUT2D eigenvalue weighted by molar-refractivity contribution is -0.0441. The summed E-state index contributed by atoms with van der Waals surface area (Å²) in [6, 6.07) is 19.0. The summed E-state index contributed by atoms with van der Waals surface area (Å²) in [5, 5.41) is 3.63. The van der Waals surface area contributed by atoms with E-state index in [1.165, 1.54) is 11.1 Å². The van der Waals surface area contributed by atoms with E-state index >= 15 is 0 Å². The molecule has 0 heterocycles. The molecule has 1 N–H and O–H groups in total. The topological polar surface area (TPSA) is 12.0 Å². The van der Waals surface area contributed by atoms with E-state index in [1.54, 1.807) is 0 Å². The van der Waals surface area contributed by atoms with Gasteiger partial charge in [-0.15, -0.1) is 0 Å². The van der Waals surface area contributed by atoms with E-state index in [0.717, 1.165) is 50.4 Å². The van der Waals surface area contributed by atoms with Crippen molar-refractivity contribution in [1.29, 1.82) is 0 Å². The number of nitrogens with one attached hydrogen (secondary N) is 1. The smallest absolute Gasteiger partial charge is 0.245 e. The summed E-state index contributed by atoms with van der Waals surface area (Å²) in [5.41, 5.74) is 4.26. The Morgan fingerprint density at radius 1 is 1.00 bits per heavy atom. The van der Waals surface area contributed by atoms with E-state index in [1.807, 2.05) is 26.0 Å². The number of hydrogen-bond donors (Lipinski definition) is 1. The molecule has 1 nitrogen and oxygen atoms in total. The SMILES string of the molecule is C=C(NCC1(c2ccccc2)CCC(C(C)(C)CC(C)(F)F)CC1)c1ccccc1C. The first-order valence-corrected chi connectivity index (χ1v) is 11.4. The van der Waals surface area contributed by atoms with Gasteiger partial charge in [0.15, 0.2) is 0 Å². The van der Waals surface area contributed by atoms with Gasteiger partial charge in [0.2, 0.25) is 5.92 Å². The van der Waals surface area contributed by atoms with Crippen molar-refractivity contribution >= 4 is 5.70 Å². The number of alkyl halides is 2. The molecule has 2 aromatic rings. The van der Waals surface area contributed by atoms with Crippen LogP contribution >= 0.6 is 0 Å². The average Bonchev–Trinajstić information content (AvgIpc) is 2.71. The maximum absolute atomic E-state index is 13.8. The Kier molecular flexibility index (Phi) is 6.93. The lowest BCUT2D eigenvalue weighted by Gasteiger charge is -2.46. The second-order valence-electron chi connectivity index (χ2n) is 10.3. The number of rotatable bonds is 8. The van der Waals surface area contributed by atoms with Crippen molar-refractivity contribution in [2.75, 3.05) is 6.54 Å². The zero-order valence-corrected chi connectivity index (χ0v) is 19.5. The highest BCUT2D eigenvalue weighted by Gasteiger charge is 2.44. The van der Waals surface area contributed by atoms with Gasteiger partial charge in [-0.3, -0.25) is 0 Å². The molecule has 31 heavy (non-hydrogen) atoms. The molecule has 0 saturated heterocycles. The normalized spacial score (nSPS) is 22.2. The summed E-state index contributed by atoms with van der Waals surface area (Å²) in [5.74, 6) is -2.31. The Balaban J connectivity index is 1.76. The maximum Gasteiger partial charge on any atom is 0.245 e. The summed E-state index contributed by atoms with van der Waals surface area (Å²) in [4.78, 5) is 0. The molecule has 0 atom stereocenters. The van der Waals surface area contributed by atoms with Gasteiger partial charge in [0.25, 0.3) is 0 Å². The molecule has 0 aliphatic heterocycles. The molecule has 1 fully saturated rings. The second kappa shape index (κ2) is 9.14. The van der Waals surface area contributed by atoms with E-state index < -0.39 is 5.92 Å². The molecule has 1 aliphatic carbocycles. The summed E-state index contributed by atoms with van der Waals surface area (Å²) in [6.45, 7) is 12.3. The van der Waals surface area contributed by atoms with Crippen molar-refractivity contribution in [3.63, 3.8) is 0 Å². The van der Waals surface area contributed by atoms with Gasteiger partial charge < -0.3 is 5.32 Å². The van der Waals surface area contributed by atoms with Crippen molar-refractivity contribution in [2.45, 2.75) is 71.1 Å².